The number of carbonyl (C=O) groups excluding carboxylic acids is 1. The smallest absolute Gasteiger partial charge is 0.219 e. The van der Waals surface area contributed by atoms with Gasteiger partial charge in [-0.1, -0.05) is 37.0 Å². The molecule has 30 heavy (non-hydrogen) atoms. The van der Waals surface area contributed by atoms with Gasteiger partial charge in [-0.2, -0.15) is 0 Å². The van der Waals surface area contributed by atoms with Gasteiger partial charge in [0.1, 0.15) is 0 Å². The fraction of sp³-hybridized carbons (Fsp3) is 0.409. The molecule has 0 atom stereocenters. The predicted molar refractivity (Wildman–Crippen MR) is 120 cm³/mol. The number of benzene rings is 1. The zero-order valence-electron chi connectivity index (χ0n) is 17.4. The second-order valence-corrected chi connectivity index (χ2v) is 8.85. The topological polar surface area (TPSA) is 53.7 Å². The molecule has 0 spiro atoms. The molecule has 3 heterocycles. The fourth-order valence-electron chi connectivity index (χ4n) is 3.80. The Morgan fingerprint density at radius 3 is 2.53 bits per heavy atom. The molecule has 3 aromatic rings. The highest BCUT2D eigenvalue weighted by Gasteiger charge is 2.23. The number of amides is 1. The molecule has 1 amide bonds. The third kappa shape index (κ3) is 4.17. The lowest BCUT2D eigenvalue weighted by molar-refractivity contribution is -0.130. The van der Waals surface area contributed by atoms with Crippen molar-refractivity contribution in [3.63, 3.8) is 0 Å². The first kappa shape index (κ1) is 21.1. The van der Waals surface area contributed by atoms with E-state index in [9.17, 15) is 4.79 Å². The number of aromatic nitrogens is 3. The Labute approximate surface area is 186 Å². The largest absolute Gasteiger partial charge is 0.340 e. The molecule has 0 unspecified atom stereocenters. The molecule has 6 nitrogen and oxygen atoms in total. The van der Waals surface area contributed by atoms with Gasteiger partial charge in [0.05, 0.1) is 28.3 Å². The molecule has 0 aliphatic carbocycles. The minimum atomic E-state index is 0.130. The summed E-state index contributed by atoms with van der Waals surface area (Å²) in [5.74, 6) is 0.442. The number of rotatable bonds is 4. The van der Waals surface area contributed by atoms with Gasteiger partial charge in [-0.05, 0) is 24.1 Å². The van der Waals surface area contributed by atoms with E-state index >= 15 is 0 Å². The van der Waals surface area contributed by atoms with Crippen molar-refractivity contribution in [2.45, 2.75) is 33.2 Å². The third-order valence-electron chi connectivity index (χ3n) is 5.60. The first-order valence-electron chi connectivity index (χ1n) is 10.1. The van der Waals surface area contributed by atoms with Crippen molar-refractivity contribution in [1.82, 2.24) is 24.2 Å². The van der Waals surface area contributed by atoms with Gasteiger partial charge in [-0.25, -0.2) is 4.98 Å². The molecular formula is C22H25Cl2N5O. The Morgan fingerprint density at radius 1 is 1.17 bits per heavy atom. The standard InChI is InChI=1S/C22H25Cl2N5O/c1-14(2)19-12-29-20(13-27-6-8-28(9-7-27)15(3)30)22(26-21(29)11-25-19)17-5-4-16(23)10-18(17)24/h4-5,10-12,14H,6-9,13H2,1-3H3. The van der Waals surface area contributed by atoms with Crippen LogP contribution in [0.5, 0.6) is 0 Å². The molecule has 1 aliphatic heterocycles. The van der Waals surface area contributed by atoms with Crippen LogP contribution in [0.25, 0.3) is 16.9 Å². The lowest BCUT2D eigenvalue weighted by Gasteiger charge is -2.34. The van der Waals surface area contributed by atoms with Gasteiger partial charge in [0.25, 0.3) is 0 Å². The van der Waals surface area contributed by atoms with E-state index in [1.54, 1.807) is 13.0 Å². The number of hydrogen-bond donors (Lipinski definition) is 0. The molecule has 1 aromatic carbocycles. The molecule has 2 aromatic heterocycles. The SMILES string of the molecule is CC(=O)N1CCN(Cc2c(-c3ccc(Cl)cc3Cl)nc3cnc(C(C)C)cn23)CC1. The molecule has 0 N–H and O–H groups in total. The van der Waals surface area contributed by atoms with E-state index in [0.717, 1.165) is 54.5 Å². The maximum absolute atomic E-state index is 11.7. The minimum Gasteiger partial charge on any atom is -0.340 e. The third-order valence-corrected chi connectivity index (χ3v) is 6.14. The van der Waals surface area contributed by atoms with Crippen molar-refractivity contribution >= 4 is 34.8 Å². The van der Waals surface area contributed by atoms with Crippen LogP contribution < -0.4 is 0 Å². The highest BCUT2D eigenvalue weighted by atomic mass is 35.5. The monoisotopic (exact) mass is 445 g/mol. The Bertz CT molecular complexity index is 1090. The molecule has 0 radical (unpaired) electrons. The van der Waals surface area contributed by atoms with Gasteiger partial charge in [0, 0.05) is 56.4 Å². The molecule has 1 aliphatic rings. The number of fused-ring (bicyclic) bond motifs is 1. The number of piperazine rings is 1. The number of hydrogen-bond acceptors (Lipinski definition) is 4. The van der Waals surface area contributed by atoms with Crippen LogP contribution in [-0.4, -0.2) is 56.3 Å². The molecule has 1 fully saturated rings. The van der Waals surface area contributed by atoms with Crippen molar-refractivity contribution in [2.75, 3.05) is 26.2 Å². The fourth-order valence-corrected chi connectivity index (χ4v) is 4.30. The van der Waals surface area contributed by atoms with Crippen molar-refractivity contribution in [1.29, 1.82) is 0 Å². The zero-order chi connectivity index (χ0) is 21.4. The van der Waals surface area contributed by atoms with E-state index in [0.29, 0.717) is 22.5 Å². The summed E-state index contributed by atoms with van der Waals surface area (Å²) in [5.41, 5.74) is 4.56. The van der Waals surface area contributed by atoms with Crippen molar-refractivity contribution < 1.29 is 4.79 Å². The van der Waals surface area contributed by atoms with Crippen LogP contribution in [0.2, 0.25) is 10.0 Å². The van der Waals surface area contributed by atoms with E-state index in [1.165, 1.54) is 0 Å². The maximum Gasteiger partial charge on any atom is 0.219 e. The Morgan fingerprint density at radius 2 is 1.90 bits per heavy atom. The molecule has 4 rings (SSSR count). The first-order chi connectivity index (χ1) is 14.3. The molecule has 0 saturated carbocycles. The van der Waals surface area contributed by atoms with Gasteiger partial charge in [-0.3, -0.25) is 19.1 Å². The normalized spacial score (nSPS) is 15.3. The Hall–Kier alpha value is -2.15. The van der Waals surface area contributed by atoms with E-state index in [1.807, 2.05) is 23.2 Å². The lowest BCUT2D eigenvalue weighted by Crippen LogP contribution is -2.47. The molecule has 1 saturated heterocycles. The van der Waals surface area contributed by atoms with Crippen molar-refractivity contribution in [3.8, 4) is 11.3 Å². The number of imidazole rings is 1. The van der Waals surface area contributed by atoms with Crippen molar-refractivity contribution in [3.05, 3.63) is 52.0 Å². The Balaban J connectivity index is 1.76. The molecule has 158 valence electrons. The van der Waals surface area contributed by atoms with E-state index in [-0.39, 0.29) is 5.91 Å². The average molecular weight is 446 g/mol. The minimum absolute atomic E-state index is 0.130. The second kappa shape index (κ2) is 8.53. The Kier molecular flexibility index (Phi) is 6.00. The van der Waals surface area contributed by atoms with E-state index < -0.39 is 0 Å². The van der Waals surface area contributed by atoms with Crippen LogP contribution in [0.4, 0.5) is 0 Å². The van der Waals surface area contributed by atoms with E-state index in [4.69, 9.17) is 28.2 Å². The summed E-state index contributed by atoms with van der Waals surface area (Å²) in [4.78, 5) is 25.3. The van der Waals surface area contributed by atoms with Crippen LogP contribution in [0.15, 0.2) is 30.6 Å². The highest BCUT2D eigenvalue weighted by molar-refractivity contribution is 6.36. The predicted octanol–water partition coefficient (Wildman–Crippen LogP) is 4.49. The maximum atomic E-state index is 11.7. The van der Waals surface area contributed by atoms with Gasteiger partial charge in [0.15, 0.2) is 5.65 Å². The summed E-state index contributed by atoms with van der Waals surface area (Å²) in [6.07, 6.45) is 3.89. The summed E-state index contributed by atoms with van der Waals surface area (Å²) in [5, 5.41) is 1.17. The zero-order valence-corrected chi connectivity index (χ0v) is 18.9. The van der Waals surface area contributed by atoms with Gasteiger partial charge < -0.3 is 4.90 Å². The summed E-state index contributed by atoms with van der Waals surface area (Å²) in [7, 11) is 0. The first-order valence-corrected chi connectivity index (χ1v) is 10.9. The summed E-state index contributed by atoms with van der Waals surface area (Å²) in [6, 6.07) is 5.50. The molecule has 8 heteroatoms. The molecule has 0 bridgehead atoms. The highest BCUT2D eigenvalue weighted by Crippen LogP contribution is 2.33. The lowest BCUT2D eigenvalue weighted by atomic mass is 10.1. The van der Waals surface area contributed by atoms with E-state index in [2.05, 4.69) is 34.3 Å². The second-order valence-electron chi connectivity index (χ2n) is 8.01. The van der Waals surface area contributed by atoms with Gasteiger partial charge in [-0.15, -0.1) is 0 Å². The molecular weight excluding hydrogens is 421 g/mol. The quantitative estimate of drug-likeness (QED) is 0.593. The summed E-state index contributed by atoms with van der Waals surface area (Å²) >= 11 is 12.6. The summed E-state index contributed by atoms with van der Waals surface area (Å²) < 4.78 is 2.12. The number of carbonyl (C=O) groups is 1. The number of halogens is 2. The van der Waals surface area contributed by atoms with Crippen LogP contribution in [-0.2, 0) is 11.3 Å². The van der Waals surface area contributed by atoms with Gasteiger partial charge in [0.2, 0.25) is 5.91 Å². The van der Waals surface area contributed by atoms with Crippen LogP contribution in [0.3, 0.4) is 0 Å². The van der Waals surface area contributed by atoms with Crippen LogP contribution >= 0.6 is 23.2 Å². The van der Waals surface area contributed by atoms with Gasteiger partial charge >= 0.3 is 0 Å². The van der Waals surface area contributed by atoms with Crippen LogP contribution in [0, 0.1) is 0 Å². The van der Waals surface area contributed by atoms with Crippen LogP contribution in [0.1, 0.15) is 38.1 Å². The number of nitrogens with zero attached hydrogens (tertiary/aromatic N) is 5. The van der Waals surface area contributed by atoms with Crippen molar-refractivity contribution in [2.24, 2.45) is 0 Å². The summed E-state index contributed by atoms with van der Waals surface area (Å²) in [6.45, 7) is 9.71. The average Bonchev–Trinajstić information content (AvgIpc) is 3.05.